The number of alkyl halides is 3. The van der Waals surface area contributed by atoms with Crippen molar-refractivity contribution in [2.24, 2.45) is 5.92 Å². The van der Waals surface area contributed by atoms with E-state index in [0.29, 0.717) is 0 Å². The quantitative estimate of drug-likeness (QED) is 0.656. The standard InChI is InChI=1S/C15H16F3N3O6/c1-6(22)20-3-7-2-8(4-27-14(26)19-5-15(16,17)18)10(13(24)25)21-9(7)11(20)12(21)23/h7,9,11H,2-5H2,1H3,(H,19,26)(H,24,25)/t7-,9-,11+/m1/s1. The van der Waals surface area contributed by atoms with Gasteiger partial charge < -0.3 is 20.1 Å². The van der Waals surface area contributed by atoms with E-state index in [1.807, 2.05) is 0 Å². The van der Waals surface area contributed by atoms with Crippen LogP contribution in [0.15, 0.2) is 11.3 Å². The van der Waals surface area contributed by atoms with Crippen LogP contribution in [0.2, 0.25) is 0 Å². The maximum absolute atomic E-state index is 12.4. The zero-order valence-electron chi connectivity index (χ0n) is 14.1. The summed E-state index contributed by atoms with van der Waals surface area (Å²) < 4.78 is 41.0. The highest BCUT2D eigenvalue weighted by atomic mass is 19.4. The van der Waals surface area contributed by atoms with Crippen molar-refractivity contribution in [1.29, 1.82) is 0 Å². The largest absolute Gasteiger partial charge is 0.477 e. The minimum absolute atomic E-state index is 0.114. The normalized spacial score (nSPS) is 26.5. The topological polar surface area (TPSA) is 116 Å². The summed E-state index contributed by atoms with van der Waals surface area (Å²) in [5.74, 6) is -2.47. The summed E-state index contributed by atoms with van der Waals surface area (Å²) in [6.45, 7) is -0.582. The number of carbonyl (C=O) groups excluding carboxylic acids is 3. The summed E-state index contributed by atoms with van der Waals surface area (Å²) in [5.41, 5.74) is -0.227. The lowest BCUT2D eigenvalue weighted by atomic mass is 9.79. The molecule has 2 N–H and O–H groups in total. The molecule has 148 valence electrons. The first-order valence-electron chi connectivity index (χ1n) is 8.04. The molecule has 9 nitrogen and oxygen atoms in total. The molecule has 0 aromatic rings. The number of nitrogens with zero attached hydrogens (tertiary/aromatic N) is 2. The van der Waals surface area contributed by atoms with Crippen molar-refractivity contribution in [2.75, 3.05) is 19.7 Å². The predicted molar refractivity (Wildman–Crippen MR) is 80.0 cm³/mol. The summed E-state index contributed by atoms with van der Waals surface area (Å²) in [6.07, 6.45) is -5.80. The molecule has 2 saturated heterocycles. The lowest BCUT2D eigenvalue weighted by molar-refractivity contribution is -0.160. The number of halogens is 3. The molecule has 3 aliphatic heterocycles. The minimum atomic E-state index is -4.61. The molecule has 0 saturated carbocycles. The van der Waals surface area contributed by atoms with Crippen LogP contribution in [0.1, 0.15) is 13.3 Å². The Balaban J connectivity index is 1.74. The summed E-state index contributed by atoms with van der Waals surface area (Å²) >= 11 is 0. The Labute approximate surface area is 150 Å². The second-order valence-electron chi connectivity index (χ2n) is 6.58. The molecule has 3 amide bonds. The molecule has 3 rings (SSSR count). The third-order valence-electron chi connectivity index (χ3n) is 4.86. The fraction of sp³-hybridized carbons (Fsp3) is 0.600. The van der Waals surface area contributed by atoms with Gasteiger partial charge in [-0.25, -0.2) is 9.59 Å². The zero-order valence-corrected chi connectivity index (χ0v) is 14.1. The average Bonchev–Trinajstić information content (AvgIpc) is 2.92. The molecule has 3 atom stereocenters. The third-order valence-corrected chi connectivity index (χ3v) is 4.86. The van der Waals surface area contributed by atoms with E-state index in [-0.39, 0.29) is 36.1 Å². The highest BCUT2D eigenvalue weighted by molar-refractivity contribution is 6.02. The van der Waals surface area contributed by atoms with Crippen LogP contribution in [0.4, 0.5) is 18.0 Å². The molecule has 0 aromatic heterocycles. The Bertz CT molecular complexity index is 750. The number of likely N-dealkylation sites (tertiary alicyclic amines) is 1. The first-order chi connectivity index (χ1) is 12.5. The maximum atomic E-state index is 12.4. The van der Waals surface area contributed by atoms with E-state index in [4.69, 9.17) is 4.74 Å². The van der Waals surface area contributed by atoms with Crippen molar-refractivity contribution in [3.8, 4) is 0 Å². The van der Waals surface area contributed by atoms with Gasteiger partial charge in [-0.3, -0.25) is 14.5 Å². The molecule has 3 heterocycles. The van der Waals surface area contributed by atoms with Crippen molar-refractivity contribution < 1.29 is 42.2 Å². The number of nitrogens with one attached hydrogen (secondary N) is 1. The van der Waals surface area contributed by atoms with Crippen molar-refractivity contribution in [3.63, 3.8) is 0 Å². The van der Waals surface area contributed by atoms with Gasteiger partial charge >= 0.3 is 18.2 Å². The number of rotatable bonds is 4. The van der Waals surface area contributed by atoms with Crippen LogP contribution in [0.3, 0.4) is 0 Å². The molecule has 0 aromatic carbocycles. The fourth-order valence-electron chi connectivity index (χ4n) is 3.87. The SMILES string of the molecule is CC(=O)N1C[C@H]2CC(COC(=O)NCC(F)(F)F)=C(C(=O)O)N3C(=O)[C@@H]1[C@@H]23. The van der Waals surface area contributed by atoms with Crippen LogP contribution in [0, 0.1) is 5.92 Å². The number of carboxylic acids is 1. The summed E-state index contributed by atoms with van der Waals surface area (Å²) in [5, 5.41) is 11.0. The molecule has 12 heteroatoms. The number of carbonyl (C=O) groups is 4. The lowest BCUT2D eigenvalue weighted by Crippen LogP contribution is -2.69. The van der Waals surface area contributed by atoms with Gasteiger partial charge in [0.05, 0.1) is 6.04 Å². The van der Waals surface area contributed by atoms with E-state index in [9.17, 15) is 37.5 Å². The Morgan fingerprint density at radius 2 is 2.00 bits per heavy atom. The van der Waals surface area contributed by atoms with Crippen molar-refractivity contribution in [2.45, 2.75) is 31.6 Å². The van der Waals surface area contributed by atoms with Crippen LogP contribution in [0.25, 0.3) is 0 Å². The van der Waals surface area contributed by atoms with Crippen molar-refractivity contribution >= 4 is 23.9 Å². The number of β-lactam (4-membered cyclic amide) rings is 1. The highest BCUT2D eigenvalue weighted by Crippen LogP contribution is 2.47. The van der Waals surface area contributed by atoms with Crippen molar-refractivity contribution in [1.82, 2.24) is 15.1 Å². The smallest absolute Gasteiger partial charge is 0.407 e. The monoisotopic (exact) mass is 391 g/mol. The van der Waals surface area contributed by atoms with Crippen LogP contribution in [-0.2, 0) is 19.1 Å². The number of hydrogen-bond donors (Lipinski definition) is 2. The van der Waals surface area contributed by atoms with Crippen LogP contribution in [-0.4, -0.2) is 76.7 Å². The Morgan fingerprint density at radius 3 is 2.56 bits per heavy atom. The van der Waals surface area contributed by atoms with Gasteiger partial charge in [0, 0.05) is 19.4 Å². The van der Waals surface area contributed by atoms with Crippen LogP contribution >= 0.6 is 0 Å². The van der Waals surface area contributed by atoms with E-state index in [0.717, 1.165) is 4.90 Å². The van der Waals surface area contributed by atoms with Gasteiger partial charge in [0.1, 0.15) is 24.9 Å². The van der Waals surface area contributed by atoms with Gasteiger partial charge in [-0.1, -0.05) is 0 Å². The minimum Gasteiger partial charge on any atom is -0.477 e. The first kappa shape index (κ1) is 19.0. The van der Waals surface area contributed by atoms with Gasteiger partial charge in [0.25, 0.3) is 5.91 Å². The lowest BCUT2D eigenvalue weighted by Gasteiger charge is -2.49. The second-order valence-corrected chi connectivity index (χ2v) is 6.58. The zero-order chi connectivity index (χ0) is 20.1. The number of aliphatic carboxylic acids is 1. The predicted octanol–water partition coefficient (Wildman–Crippen LogP) is 0.0750. The van der Waals surface area contributed by atoms with Crippen molar-refractivity contribution in [3.05, 3.63) is 11.3 Å². The molecule has 0 radical (unpaired) electrons. The number of ether oxygens (including phenoxy) is 1. The second kappa shape index (κ2) is 6.43. The van der Waals surface area contributed by atoms with E-state index >= 15 is 0 Å². The molecular formula is C15H16F3N3O6. The third kappa shape index (κ3) is 3.30. The van der Waals surface area contributed by atoms with E-state index < -0.39 is 49.4 Å². The molecule has 0 unspecified atom stereocenters. The highest BCUT2D eigenvalue weighted by Gasteiger charge is 2.63. The molecule has 3 aliphatic rings. The maximum Gasteiger partial charge on any atom is 0.407 e. The summed E-state index contributed by atoms with van der Waals surface area (Å²) in [6, 6.07) is -1.14. The Kier molecular flexibility index (Phi) is 4.52. The first-order valence-corrected chi connectivity index (χ1v) is 8.04. The molecule has 2 fully saturated rings. The van der Waals surface area contributed by atoms with Gasteiger partial charge in [0.15, 0.2) is 0 Å². The molecular weight excluding hydrogens is 375 g/mol. The number of carboxylic acid groups (broad SMARTS) is 1. The van der Waals surface area contributed by atoms with E-state index in [1.54, 1.807) is 0 Å². The number of amides is 3. The number of hydrogen-bond acceptors (Lipinski definition) is 5. The Morgan fingerprint density at radius 1 is 1.33 bits per heavy atom. The summed E-state index contributed by atoms with van der Waals surface area (Å²) in [4.78, 5) is 49.5. The molecule has 0 spiro atoms. The Hall–Kier alpha value is -2.79. The summed E-state index contributed by atoms with van der Waals surface area (Å²) in [7, 11) is 0. The fourth-order valence-corrected chi connectivity index (χ4v) is 3.87. The van der Waals surface area contributed by atoms with E-state index in [2.05, 4.69) is 0 Å². The average molecular weight is 391 g/mol. The van der Waals surface area contributed by atoms with Gasteiger partial charge in [-0.2, -0.15) is 13.2 Å². The number of alkyl carbamates (subject to hydrolysis) is 1. The molecule has 27 heavy (non-hydrogen) atoms. The van der Waals surface area contributed by atoms with E-state index in [1.165, 1.54) is 17.1 Å². The van der Waals surface area contributed by atoms with Gasteiger partial charge in [-0.15, -0.1) is 0 Å². The van der Waals surface area contributed by atoms with Gasteiger partial charge in [0.2, 0.25) is 5.91 Å². The molecule has 0 aliphatic carbocycles. The van der Waals surface area contributed by atoms with Crippen LogP contribution in [0.5, 0.6) is 0 Å². The van der Waals surface area contributed by atoms with Gasteiger partial charge in [-0.05, 0) is 12.0 Å². The molecule has 0 bridgehead atoms. The van der Waals surface area contributed by atoms with Crippen LogP contribution < -0.4 is 5.32 Å².